The fourth-order valence-corrected chi connectivity index (χ4v) is 1.92. The van der Waals surface area contributed by atoms with Gasteiger partial charge in [0, 0.05) is 6.54 Å². The molecule has 19 heavy (non-hydrogen) atoms. The van der Waals surface area contributed by atoms with Crippen LogP contribution in [0.2, 0.25) is 0 Å². The van der Waals surface area contributed by atoms with Crippen LogP contribution >= 0.6 is 0 Å². The molecule has 0 aromatic heterocycles. The van der Waals surface area contributed by atoms with E-state index in [4.69, 9.17) is 0 Å². The van der Waals surface area contributed by atoms with E-state index in [-0.39, 0.29) is 12.5 Å². The Morgan fingerprint density at radius 2 is 2.00 bits per heavy atom. The molecule has 0 fully saturated rings. The summed E-state index contributed by atoms with van der Waals surface area (Å²) in [6.45, 7) is 0.411. The van der Waals surface area contributed by atoms with Crippen molar-refractivity contribution in [3.63, 3.8) is 0 Å². The van der Waals surface area contributed by atoms with Crippen molar-refractivity contribution in [3.05, 3.63) is 48.0 Å². The fourth-order valence-electron chi connectivity index (χ4n) is 1.92. The van der Waals surface area contributed by atoms with E-state index in [9.17, 15) is 9.90 Å². The number of esters is 1. The molecule has 2 aromatic carbocycles. The topological polar surface area (TPSA) is 58.6 Å². The number of hydrogen-bond acceptors (Lipinski definition) is 4. The Kier molecular flexibility index (Phi) is 4.49. The number of nitrogens with one attached hydrogen (secondary N) is 1. The van der Waals surface area contributed by atoms with E-state index in [1.54, 1.807) is 0 Å². The average Bonchev–Trinajstić information content (AvgIpc) is 2.46. The number of carbonyl (C=O) groups excluding carboxylic acids is 1. The molecule has 1 atom stereocenters. The lowest BCUT2D eigenvalue weighted by molar-refractivity contribution is -0.139. The maximum absolute atomic E-state index is 10.9. The summed E-state index contributed by atoms with van der Waals surface area (Å²) in [5, 5.41) is 15.1. The Morgan fingerprint density at radius 1 is 1.26 bits per heavy atom. The molecule has 0 bridgehead atoms. The van der Waals surface area contributed by atoms with Crippen LogP contribution in [0.3, 0.4) is 0 Å². The summed E-state index contributed by atoms with van der Waals surface area (Å²) < 4.78 is 4.51. The van der Waals surface area contributed by atoms with E-state index in [0.29, 0.717) is 6.54 Å². The number of rotatable bonds is 5. The largest absolute Gasteiger partial charge is 0.468 e. The number of hydrogen-bond donors (Lipinski definition) is 2. The smallest absolute Gasteiger partial charge is 0.319 e. The second kappa shape index (κ2) is 6.31. The molecule has 0 amide bonds. The molecular formula is C15H17NO3. The first-order chi connectivity index (χ1) is 9.20. The molecule has 2 N–H and O–H groups in total. The van der Waals surface area contributed by atoms with Crippen molar-refractivity contribution in [3.8, 4) is 0 Å². The Hall–Kier alpha value is -1.91. The van der Waals surface area contributed by atoms with Gasteiger partial charge in [-0.3, -0.25) is 4.79 Å². The molecule has 0 aliphatic heterocycles. The van der Waals surface area contributed by atoms with Crippen LogP contribution in [0, 0.1) is 0 Å². The van der Waals surface area contributed by atoms with Crippen LogP contribution in [-0.2, 0) is 9.53 Å². The minimum Gasteiger partial charge on any atom is -0.468 e. The summed E-state index contributed by atoms with van der Waals surface area (Å²) in [5.41, 5.74) is 0.830. The average molecular weight is 259 g/mol. The third kappa shape index (κ3) is 3.53. The number of carbonyl (C=O) groups is 1. The van der Waals surface area contributed by atoms with Gasteiger partial charge in [-0.15, -0.1) is 0 Å². The van der Waals surface area contributed by atoms with Gasteiger partial charge in [-0.2, -0.15) is 0 Å². The molecule has 0 saturated heterocycles. The van der Waals surface area contributed by atoms with Gasteiger partial charge >= 0.3 is 5.97 Å². The predicted octanol–water partition coefficient (Wildman–Crippen LogP) is 1.64. The number of aliphatic hydroxyl groups excluding tert-OH is 1. The third-order valence-electron chi connectivity index (χ3n) is 2.99. The molecule has 0 aliphatic carbocycles. The molecule has 4 heteroatoms. The zero-order chi connectivity index (χ0) is 13.7. The summed E-state index contributed by atoms with van der Waals surface area (Å²) in [4.78, 5) is 10.9. The van der Waals surface area contributed by atoms with Crippen LogP contribution in [0.25, 0.3) is 10.8 Å². The molecule has 0 saturated carbocycles. The van der Waals surface area contributed by atoms with Gasteiger partial charge in [0.15, 0.2) is 0 Å². The Morgan fingerprint density at radius 3 is 2.74 bits per heavy atom. The van der Waals surface area contributed by atoms with Gasteiger partial charge in [0.1, 0.15) is 0 Å². The molecular weight excluding hydrogens is 242 g/mol. The quantitative estimate of drug-likeness (QED) is 0.801. The van der Waals surface area contributed by atoms with E-state index in [1.165, 1.54) is 7.11 Å². The fraction of sp³-hybridized carbons (Fsp3) is 0.267. The molecule has 0 aliphatic rings. The monoisotopic (exact) mass is 259 g/mol. The molecule has 0 spiro atoms. The lowest BCUT2D eigenvalue weighted by Gasteiger charge is -2.12. The van der Waals surface area contributed by atoms with Crippen molar-refractivity contribution in [1.82, 2.24) is 5.32 Å². The number of benzene rings is 2. The molecule has 4 nitrogen and oxygen atoms in total. The summed E-state index contributed by atoms with van der Waals surface area (Å²) in [7, 11) is 1.34. The van der Waals surface area contributed by atoms with Crippen molar-refractivity contribution < 1.29 is 14.6 Å². The zero-order valence-corrected chi connectivity index (χ0v) is 10.8. The van der Waals surface area contributed by atoms with Gasteiger partial charge < -0.3 is 15.2 Å². The van der Waals surface area contributed by atoms with Gasteiger partial charge in [0.2, 0.25) is 0 Å². The number of fused-ring (bicyclic) bond motifs is 1. The minimum atomic E-state index is -0.644. The van der Waals surface area contributed by atoms with Gasteiger partial charge in [-0.25, -0.2) is 0 Å². The second-order valence-corrected chi connectivity index (χ2v) is 4.33. The summed E-state index contributed by atoms with van der Waals surface area (Å²) >= 11 is 0. The van der Waals surface area contributed by atoms with E-state index >= 15 is 0 Å². The van der Waals surface area contributed by atoms with Crippen molar-refractivity contribution >= 4 is 16.7 Å². The Balaban J connectivity index is 2.00. The summed E-state index contributed by atoms with van der Waals surface area (Å²) in [5.74, 6) is -0.342. The molecule has 1 unspecified atom stereocenters. The third-order valence-corrected chi connectivity index (χ3v) is 2.99. The highest BCUT2D eigenvalue weighted by atomic mass is 16.5. The number of methoxy groups -OCH3 is 1. The van der Waals surface area contributed by atoms with Gasteiger partial charge in [-0.1, -0.05) is 36.4 Å². The number of aliphatic hydroxyl groups is 1. The van der Waals surface area contributed by atoms with Crippen molar-refractivity contribution in [2.75, 3.05) is 20.2 Å². The maximum Gasteiger partial charge on any atom is 0.319 e. The molecule has 100 valence electrons. The van der Waals surface area contributed by atoms with Gasteiger partial charge in [-0.05, 0) is 22.4 Å². The van der Waals surface area contributed by atoms with Crippen LogP contribution in [0.4, 0.5) is 0 Å². The van der Waals surface area contributed by atoms with Crippen molar-refractivity contribution in [2.24, 2.45) is 0 Å². The van der Waals surface area contributed by atoms with Crippen molar-refractivity contribution in [1.29, 1.82) is 0 Å². The lowest BCUT2D eigenvalue weighted by atomic mass is 10.0. The highest BCUT2D eigenvalue weighted by Gasteiger charge is 2.08. The Labute approximate surface area is 112 Å². The van der Waals surface area contributed by atoms with E-state index in [2.05, 4.69) is 10.1 Å². The Bertz CT molecular complexity index is 568. The minimum absolute atomic E-state index is 0.0984. The highest BCUT2D eigenvalue weighted by molar-refractivity contribution is 5.83. The molecule has 2 rings (SSSR count). The maximum atomic E-state index is 10.9. The molecule has 2 aromatic rings. The van der Waals surface area contributed by atoms with E-state index in [0.717, 1.165) is 16.3 Å². The summed E-state index contributed by atoms with van der Waals surface area (Å²) in [6, 6.07) is 13.8. The SMILES string of the molecule is COC(=O)CNCC(O)c1ccc2ccccc2c1. The van der Waals surface area contributed by atoms with Crippen LogP contribution < -0.4 is 5.32 Å². The second-order valence-electron chi connectivity index (χ2n) is 4.33. The number of ether oxygens (including phenoxy) is 1. The first-order valence-electron chi connectivity index (χ1n) is 6.15. The van der Waals surface area contributed by atoms with Crippen LogP contribution in [-0.4, -0.2) is 31.3 Å². The molecule has 0 radical (unpaired) electrons. The van der Waals surface area contributed by atoms with E-state index < -0.39 is 6.10 Å². The van der Waals surface area contributed by atoms with Crippen molar-refractivity contribution in [2.45, 2.75) is 6.10 Å². The zero-order valence-electron chi connectivity index (χ0n) is 10.8. The lowest BCUT2D eigenvalue weighted by Crippen LogP contribution is -2.28. The summed E-state index contributed by atoms with van der Waals surface area (Å²) in [6.07, 6.45) is -0.644. The first-order valence-corrected chi connectivity index (χ1v) is 6.15. The predicted molar refractivity (Wildman–Crippen MR) is 73.8 cm³/mol. The first kappa shape index (κ1) is 13.5. The van der Waals surface area contributed by atoms with Gasteiger partial charge in [0.05, 0.1) is 19.8 Å². The van der Waals surface area contributed by atoms with Gasteiger partial charge in [0.25, 0.3) is 0 Å². The standard InChI is InChI=1S/C15H17NO3/c1-19-15(18)10-16-9-14(17)13-7-6-11-4-2-3-5-12(11)8-13/h2-8,14,16-17H,9-10H2,1H3. The van der Waals surface area contributed by atoms with Crippen LogP contribution in [0.1, 0.15) is 11.7 Å². The van der Waals surface area contributed by atoms with Crippen LogP contribution in [0.15, 0.2) is 42.5 Å². The van der Waals surface area contributed by atoms with E-state index in [1.807, 2.05) is 42.5 Å². The normalized spacial score (nSPS) is 12.3. The van der Waals surface area contributed by atoms with Crippen LogP contribution in [0.5, 0.6) is 0 Å². The molecule has 0 heterocycles. The highest BCUT2D eigenvalue weighted by Crippen LogP contribution is 2.19.